The lowest BCUT2D eigenvalue weighted by Gasteiger charge is -2.07. The van der Waals surface area contributed by atoms with Crippen LogP contribution in [0.1, 0.15) is 59.3 Å². The maximum atomic E-state index is 9.31. The van der Waals surface area contributed by atoms with Gasteiger partial charge in [0.25, 0.3) is 0 Å². The Morgan fingerprint density at radius 1 is 1.17 bits per heavy atom. The molecule has 24 heavy (non-hydrogen) atoms. The van der Waals surface area contributed by atoms with Gasteiger partial charge in [0.05, 0.1) is 11.6 Å². The Bertz CT molecular complexity index is 996. The normalized spacial score (nSPS) is 22.5. The molecular weight excluding hydrogens is 320 g/mol. The van der Waals surface area contributed by atoms with Crippen LogP contribution in [0.5, 0.6) is 0 Å². The van der Waals surface area contributed by atoms with Crippen LogP contribution in [0.25, 0.3) is 5.65 Å². The van der Waals surface area contributed by atoms with E-state index in [2.05, 4.69) is 28.3 Å². The maximum absolute atomic E-state index is 9.31. The molecule has 2 aliphatic rings. The average Bonchev–Trinajstić information content (AvgIpc) is 3.50. The standard InChI is InChI=1S/C19H15ClN4/c20-18-9-17(19-22-5-6-24(19)23-18)16-8-15(16)12-3-4-13(10-21)14(7-12)11-1-2-11/h3-7,9,11,15-16H,1-2,8H2/t15-,16+/m1/s1. The van der Waals surface area contributed by atoms with Crippen molar-refractivity contribution in [3.8, 4) is 6.07 Å². The summed E-state index contributed by atoms with van der Waals surface area (Å²) in [6.45, 7) is 0. The number of rotatable bonds is 3. The SMILES string of the molecule is N#Cc1ccc([C@H]2C[C@@H]2c2cc(Cl)nn3ccnc23)cc1C1CC1. The van der Waals surface area contributed by atoms with Crippen LogP contribution >= 0.6 is 11.6 Å². The number of nitrogens with zero attached hydrogens (tertiary/aromatic N) is 4. The van der Waals surface area contributed by atoms with Gasteiger partial charge < -0.3 is 0 Å². The second-order valence-electron chi connectivity index (χ2n) is 6.80. The van der Waals surface area contributed by atoms with Crippen LogP contribution in [0.3, 0.4) is 0 Å². The molecule has 4 nitrogen and oxygen atoms in total. The summed E-state index contributed by atoms with van der Waals surface area (Å²) in [5, 5.41) is 14.1. The van der Waals surface area contributed by atoms with E-state index in [1.807, 2.05) is 18.3 Å². The summed E-state index contributed by atoms with van der Waals surface area (Å²) >= 11 is 6.17. The minimum absolute atomic E-state index is 0.426. The van der Waals surface area contributed by atoms with Gasteiger partial charge in [-0.05, 0) is 60.3 Å². The van der Waals surface area contributed by atoms with Crippen molar-refractivity contribution in [2.24, 2.45) is 0 Å². The lowest BCUT2D eigenvalue weighted by Crippen LogP contribution is -1.97. The Kier molecular flexibility index (Phi) is 2.95. The minimum Gasteiger partial charge on any atom is -0.235 e. The van der Waals surface area contributed by atoms with E-state index in [9.17, 15) is 5.26 Å². The molecule has 2 aromatic heterocycles. The number of imidazole rings is 1. The number of aromatic nitrogens is 3. The van der Waals surface area contributed by atoms with Crippen molar-refractivity contribution in [2.45, 2.75) is 37.0 Å². The highest BCUT2D eigenvalue weighted by molar-refractivity contribution is 6.29. The van der Waals surface area contributed by atoms with E-state index in [4.69, 9.17) is 11.6 Å². The molecule has 0 amide bonds. The number of nitriles is 1. The Morgan fingerprint density at radius 2 is 2.04 bits per heavy atom. The third-order valence-corrected chi connectivity index (χ3v) is 5.37. The summed E-state index contributed by atoms with van der Waals surface area (Å²) in [6, 6.07) is 10.6. The molecule has 3 aromatic rings. The Morgan fingerprint density at radius 3 is 2.83 bits per heavy atom. The molecule has 118 valence electrons. The van der Waals surface area contributed by atoms with Gasteiger partial charge in [-0.1, -0.05) is 23.7 Å². The topological polar surface area (TPSA) is 54.0 Å². The van der Waals surface area contributed by atoms with Gasteiger partial charge in [0, 0.05) is 18.0 Å². The van der Waals surface area contributed by atoms with Crippen molar-refractivity contribution in [1.29, 1.82) is 5.26 Å². The third kappa shape index (κ3) is 2.20. The lowest BCUT2D eigenvalue weighted by molar-refractivity contribution is 0.905. The first-order valence-corrected chi connectivity index (χ1v) is 8.66. The molecule has 2 atom stereocenters. The van der Waals surface area contributed by atoms with Gasteiger partial charge in [-0.2, -0.15) is 10.4 Å². The van der Waals surface area contributed by atoms with Crippen LogP contribution in [-0.4, -0.2) is 14.6 Å². The summed E-state index contributed by atoms with van der Waals surface area (Å²) in [4.78, 5) is 4.43. The second kappa shape index (κ2) is 5.06. The Hall–Kier alpha value is -2.38. The molecule has 0 unspecified atom stereocenters. The second-order valence-corrected chi connectivity index (χ2v) is 7.19. The first-order chi connectivity index (χ1) is 11.7. The molecule has 0 bridgehead atoms. The van der Waals surface area contributed by atoms with Crippen LogP contribution in [0.15, 0.2) is 36.7 Å². The highest BCUT2D eigenvalue weighted by Crippen LogP contribution is 2.56. The highest BCUT2D eigenvalue weighted by Gasteiger charge is 2.42. The number of benzene rings is 1. The molecule has 5 heteroatoms. The van der Waals surface area contributed by atoms with Gasteiger partial charge in [0.2, 0.25) is 0 Å². The van der Waals surface area contributed by atoms with Gasteiger partial charge in [-0.25, -0.2) is 9.50 Å². The van der Waals surface area contributed by atoms with Gasteiger partial charge in [-0.3, -0.25) is 0 Å². The van der Waals surface area contributed by atoms with Gasteiger partial charge in [0.15, 0.2) is 5.65 Å². The molecule has 2 saturated carbocycles. The fourth-order valence-corrected chi connectivity index (χ4v) is 3.93. The summed E-state index contributed by atoms with van der Waals surface area (Å²) in [5.41, 5.74) is 5.46. The molecular formula is C19H15ClN4. The quantitative estimate of drug-likeness (QED) is 0.713. The molecule has 1 aromatic carbocycles. The highest BCUT2D eigenvalue weighted by atomic mass is 35.5. The molecule has 0 saturated heterocycles. The lowest BCUT2D eigenvalue weighted by atomic mass is 9.97. The fraction of sp³-hybridized carbons (Fsp3) is 0.316. The van der Waals surface area contributed by atoms with E-state index in [1.54, 1.807) is 10.7 Å². The monoisotopic (exact) mass is 334 g/mol. The average molecular weight is 335 g/mol. The number of hydrogen-bond acceptors (Lipinski definition) is 3. The van der Waals surface area contributed by atoms with Crippen molar-refractivity contribution >= 4 is 17.2 Å². The summed E-state index contributed by atoms with van der Waals surface area (Å²) in [7, 11) is 0. The van der Waals surface area contributed by atoms with E-state index in [1.165, 1.54) is 29.5 Å². The van der Waals surface area contributed by atoms with E-state index in [0.717, 1.165) is 17.6 Å². The van der Waals surface area contributed by atoms with E-state index >= 15 is 0 Å². The first kappa shape index (κ1) is 14.0. The molecule has 0 aliphatic heterocycles. The van der Waals surface area contributed by atoms with Gasteiger partial charge in [0.1, 0.15) is 5.15 Å². The number of fused-ring (bicyclic) bond motifs is 1. The molecule has 0 radical (unpaired) electrons. The zero-order valence-corrected chi connectivity index (χ0v) is 13.7. The zero-order valence-electron chi connectivity index (χ0n) is 13.0. The largest absolute Gasteiger partial charge is 0.235 e. The van der Waals surface area contributed by atoms with Crippen molar-refractivity contribution in [3.63, 3.8) is 0 Å². The first-order valence-electron chi connectivity index (χ1n) is 8.28. The van der Waals surface area contributed by atoms with E-state index in [0.29, 0.717) is 22.9 Å². The molecule has 5 rings (SSSR count). The molecule has 0 N–H and O–H groups in total. The van der Waals surface area contributed by atoms with Crippen molar-refractivity contribution in [1.82, 2.24) is 14.6 Å². The predicted octanol–water partition coefficient (Wildman–Crippen LogP) is 4.40. The van der Waals surface area contributed by atoms with Gasteiger partial charge in [-0.15, -0.1) is 0 Å². The van der Waals surface area contributed by atoms with Crippen LogP contribution < -0.4 is 0 Å². The summed E-state index contributed by atoms with van der Waals surface area (Å²) < 4.78 is 1.75. The Labute approximate surface area is 144 Å². The van der Waals surface area contributed by atoms with Crippen molar-refractivity contribution in [3.05, 3.63) is 64.1 Å². The summed E-state index contributed by atoms with van der Waals surface area (Å²) in [6.07, 6.45) is 7.10. The minimum atomic E-state index is 0.426. The van der Waals surface area contributed by atoms with Crippen molar-refractivity contribution in [2.75, 3.05) is 0 Å². The van der Waals surface area contributed by atoms with Crippen LogP contribution in [0.4, 0.5) is 0 Å². The molecule has 2 aliphatic carbocycles. The predicted molar refractivity (Wildman–Crippen MR) is 91.2 cm³/mol. The number of hydrogen-bond donors (Lipinski definition) is 0. The summed E-state index contributed by atoms with van der Waals surface area (Å²) in [5.74, 6) is 1.50. The van der Waals surface area contributed by atoms with Gasteiger partial charge >= 0.3 is 0 Å². The smallest absolute Gasteiger partial charge is 0.157 e. The van der Waals surface area contributed by atoms with Crippen LogP contribution in [-0.2, 0) is 0 Å². The molecule has 2 heterocycles. The van der Waals surface area contributed by atoms with Crippen LogP contribution in [0.2, 0.25) is 5.15 Å². The Balaban J connectivity index is 1.51. The molecule has 0 spiro atoms. The van der Waals surface area contributed by atoms with E-state index in [-0.39, 0.29) is 0 Å². The number of halogens is 1. The third-order valence-electron chi connectivity index (χ3n) is 5.19. The van der Waals surface area contributed by atoms with E-state index < -0.39 is 0 Å². The zero-order chi connectivity index (χ0) is 16.3. The van der Waals surface area contributed by atoms with Crippen LogP contribution in [0, 0.1) is 11.3 Å². The van der Waals surface area contributed by atoms with Crippen molar-refractivity contribution < 1.29 is 0 Å². The molecule has 2 fully saturated rings. The maximum Gasteiger partial charge on any atom is 0.157 e. The fourth-order valence-electron chi connectivity index (χ4n) is 3.73.